The molecule has 0 nitrogen and oxygen atoms in total. The van der Waals surface area contributed by atoms with Crippen LogP contribution in [0.25, 0.3) is 11.1 Å². The minimum atomic E-state index is -4.99. The quantitative estimate of drug-likeness (QED) is 0.171. The van der Waals surface area contributed by atoms with Gasteiger partial charge in [-0.1, -0.05) is 0 Å². The van der Waals surface area contributed by atoms with Crippen LogP contribution in [-0.2, 0) is 35.5 Å². The molecule has 0 aromatic heterocycles. The second-order valence-corrected chi connectivity index (χ2v) is 30.8. The van der Waals surface area contributed by atoms with E-state index < -0.39 is 18.3 Å². The van der Waals surface area contributed by atoms with E-state index in [0.717, 1.165) is 12.8 Å². The van der Waals surface area contributed by atoms with Crippen LogP contribution in [0.15, 0.2) is 99.4 Å². The molecule has 260 valence electrons. The maximum atomic E-state index is 5.89. The Morgan fingerprint density at radius 2 is 1.06 bits per heavy atom. The van der Waals surface area contributed by atoms with Gasteiger partial charge in [0.1, 0.15) is 0 Å². The molecule has 0 aliphatic heterocycles. The Morgan fingerprint density at radius 1 is 0.571 bits per heavy atom. The molecule has 0 saturated heterocycles. The molecule has 2 aliphatic carbocycles. The summed E-state index contributed by atoms with van der Waals surface area (Å²) in [6.07, 6.45) is 4.43. The van der Waals surface area contributed by atoms with Gasteiger partial charge in [-0.25, -0.2) is 0 Å². The van der Waals surface area contributed by atoms with E-state index in [1.807, 2.05) is 0 Å². The molecule has 2 aliphatic rings. The first kappa shape index (κ1) is 39.5. The normalized spacial score (nSPS) is 14.9. The van der Waals surface area contributed by atoms with Gasteiger partial charge < -0.3 is 0 Å². The van der Waals surface area contributed by atoms with Crippen LogP contribution in [-0.4, -0.2) is 4.21 Å². The predicted octanol–water partition coefficient (Wildman–Crippen LogP) is 11.4. The van der Waals surface area contributed by atoms with Crippen LogP contribution in [0, 0.1) is 19.3 Å². The number of benzene rings is 4. The van der Waals surface area contributed by atoms with Crippen LogP contribution in [0.1, 0.15) is 109 Å². The van der Waals surface area contributed by atoms with Crippen molar-refractivity contribution >= 4 is 38.8 Å². The van der Waals surface area contributed by atoms with Gasteiger partial charge in [0.15, 0.2) is 0 Å². The maximum absolute atomic E-state index is 5.89. The monoisotopic (exact) mass is 770 g/mol. The molecule has 6 rings (SSSR count). The van der Waals surface area contributed by atoms with Gasteiger partial charge in [0, 0.05) is 0 Å². The van der Waals surface area contributed by atoms with Gasteiger partial charge in [-0.3, -0.25) is 0 Å². The number of rotatable bonds is 4. The molecule has 4 aromatic carbocycles. The Bertz CT molecular complexity index is 1980. The van der Waals surface area contributed by atoms with Crippen molar-refractivity contribution in [2.75, 3.05) is 0 Å². The van der Waals surface area contributed by atoms with E-state index in [9.17, 15) is 0 Å². The van der Waals surface area contributed by atoms with E-state index >= 15 is 0 Å². The summed E-state index contributed by atoms with van der Waals surface area (Å²) in [5.74, 6) is 0. The molecule has 0 bridgehead atoms. The van der Waals surface area contributed by atoms with E-state index in [4.69, 9.17) is 4.21 Å². The van der Waals surface area contributed by atoms with Crippen molar-refractivity contribution in [2.45, 2.75) is 107 Å². The molecule has 4 aromatic rings. The Morgan fingerprint density at radius 3 is 1.53 bits per heavy atom. The zero-order valence-electron chi connectivity index (χ0n) is 32.0. The first-order valence-electron chi connectivity index (χ1n) is 17.6. The molecule has 0 saturated carbocycles. The third-order valence-corrected chi connectivity index (χ3v) is 27.8. The summed E-state index contributed by atoms with van der Waals surface area (Å²) in [5.41, 5.74) is 14.2. The molecule has 0 spiro atoms. The van der Waals surface area contributed by atoms with Gasteiger partial charge in [0.25, 0.3) is 0 Å². The number of allylic oxidation sites excluding steroid dienone is 4. The summed E-state index contributed by atoms with van der Waals surface area (Å²) in [4.78, 5) is 0. The zero-order chi connectivity index (χ0) is 34.3. The molecule has 0 atom stereocenters. The molecule has 0 heterocycles. The van der Waals surface area contributed by atoms with Crippen molar-refractivity contribution in [3.63, 3.8) is 0 Å². The summed E-state index contributed by atoms with van der Waals surface area (Å²) >= 11 is -4.99. The van der Waals surface area contributed by atoms with E-state index in [2.05, 4.69) is 168 Å². The number of hydrogen-bond donors (Lipinski definition) is 0. The van der Waals surface area contributed by atoms with Crippen molar-refractivity contribution in [3.8, 4) is 11.1 Å². The van der Waals surface area contributed by atoms with Crippen LogP contribution < -0.4 is 9.81 Å². The number of halogens is 2. The van der Waals surface area contributed by atoms with Crippen LogP contribution in [0.5, 0.6) is 0 Å². The second kappa shape index (κ2) is 13.0. The van der Waals surface area contributed by atoms with Crippen LogP contribution in [0.2, 0.25) is 0 Å². The zero-order valence-corrected chi connectivity index (χ0v) is 36.1. The fourth-order valence-electron chi connectivity index (χ4n) is 8.74. The number of fused-ring (bicyclic) bond motifs is 3. The summed E-state index contributed by atoms with van der Waals surface area (Å²) < 4.78 is 11.9. The summed E-state index contributed by atoms with van der Waals surface area (Å²) in [6.45, 7) is 28.1. The van der Waals surface area contributed by atoms with Crippen molar-refractivity contribution in [3.05, 3.63) is 133 Å². The fraction of sp³-hybridized carbons (Fsp3) is 0.370. The number of aryl methyl sites for hydroxylation is 2. The SMILES string of the molecule is Cl.Cl.[CH2]=[Zr]([C]1=C(C(C)(C)C)C(C)=CC1)([c]1ccc(C)cc1)([c]1ccc(C)cc1)[c]1cc(C(C)(C)C)cc2c1Cc1ccc(C(C)(C)C)cc1-2. The first-order chi connectivity index (χ1) is 21.7. The van der Waals surface area contributed by atoms with Crippen molar-refractivity contribution in [2.24, 2.45) is 5.41 Å². The van der Waals surface area contributed by atoms with E-state index in [1.54, 1.807) is 3.28 Å². The van der Waals surface area contributed by atoms with Gasteiger partial charge in [0.05, 0.1) is 0 Å². The molecule has 3 heteroatoms. The Kier molecular flexibility index (Phi) is 10.5. The molecule has 0 unspecified atom stereocenters. The number of hydrogen-bond acceptors (Lipinski definition) is 0. The summed E-state index contributed by atoms with van der Waals surface area (Å²) in [7, 11) is 0. The van der Waals surface area contributed by atoms with Crippen LogP contribution >= 0.6 is 24.8 Å². The van der Waals surface area contributed by atoms with Crippen LogP contribution in [0.4, 0.5) is 0 Å². The van der Waals surface area contributed by atoms with Gasteiger partial charge in [0.2, 0.25) is 0 Å². The minimum absolute atomic E-state index is 0. The van der Waals surface area contributed by atoms with Crippen molar-refractivity contribution in [1.29, 1.82) is 0 Å². The van der Waals surface area contributed by atoms with Crippen molar-refractivity contribution in [1.82, 2.24) is 0 Å². The molecule has 0 radical (unpaired) electrons. The average molecular weight is 773 g/mol. The Hall–Kier alpha value is -2.31. The van der Waals surface area contributed by atoms with Crippen LogP contribution in [0.3, 0.4) is 0 Å². The Labute approximate surface area is 311 Å². The first-order valence-corrected chi connectivity index (χ1v) is 24.3. The second-order valence-electron chi connectivity index (χ2n) is 18.0. The molecule has 0 fully saturated rings. The summed E-state index contributed by atoms with van der Waals surface area (Å²) in [6, 6.07) is 31.7. The van der Waals surface area contributed by atoms with E-state index in [1.165, 1.54) is 65.5 Å². The average Bonchev–Trinajstić information content (AvgIpc) is 3.57. The molecule has 0 amide bonds. The standard InChI is InChI=1S/C21H25.C10H15.2C7H7.CH2.2ClH.Zr/c1-20(2,3)16-9-7-14-11-15-8-10-17(21(4,5)6)13-19(15)18(14)12-16;1-8-6-5-7-9(8)10(2,3)4;2*1-7-5-3-2-4-6-7;;;;/h7,9-10,12-13H,11H2,1-6H3;6H,5H2,1-4H3;2*3-6H,1H3;1H2;2*1H;. The van der Waals surface area contributed by atoms with Crippen molar-refractivity contribution < 1.29 is 18.3 Å². The fourth-order valence-corrected chi connectivity index (χ4v) is 25.5. The molecular formula is C46H58Cl2Zr. The summed E-state index contributed by atoms with van der Waals surface area (Å²) in [5, 5.41) is 0. The third-order valence-electron chi connectivity index (χ3n) is 11.4. The molecular weight excluding hydrogens is 715 g/mol. The van der Waals surface area contributed by atoms with Gasteiger partial charge in [-0.05, 0) is 0 Å². The predicted molar refractivity (Wildman–Crippen MR) is 220 cm³/mol. The Balaban J connectivity index is 0.00000270. The van der Waals surface area contributed by atoms with E-state index in [-0.39, 0.29) is 41.1 Å². The third kappa shape index (κ3) is 6.30. The van der Waals surface area contributed by atoms with E-state index in [0.29, 0.717) is 0 Å². The van der Waals surface area contributed by atoms with Gasteiger partial charge >= 0.3 is 288 Å². The topological polar surface area (TPSA) is 0 Å². The molecule has 0 N–H and O–H groups in total. The molecule has 49 heavy (non-hydrogen) atoms. The van der Waals surface area contributed by atoms with Gasteiger partial charge in [-0.2, -0.15) is 0 Å². The van der Waals surface area contributed by atoms with Gasteiger partial charge in [-0.15, -0.1) is 24.8 Å².